The first-order chi connectivity index (χ1) is 8.56. The zero-order valence-corrected chi connectivity index (χ0v) is 11.3. The number of benzene rings is 2. The molecule has 0 saturated carbocycles. The first-order valence-corrected chi connectivity index (χ1v) is 6.44. The molecule has 0 bridgehead atoms. The molecule has 2 aromatic rings. The summed E-state index contributed by atoms with van der Waals surface area (Å²) in [5, 5.41) is 10.5. The van der Waals surface area contributed by atoms with Crippen LogP contribution in [0.4, 0.5) is 0 Å². The lowest BCUT2D eigenvalue weighted by atomic mass is 9.80. The molecule has 0 fully saturated rings. The molecule has 1 N–H and O–H groups in total. The lowest BCUT2D eigenvalue weighted by molar-refractivity contribution is 0.430. The Balaban J connectivity index is 2.56. The van der Waals surface area contributed by atoms with Crippen LogP contribution in [-0.4, -0.2) is 5.11 Å². The van der Waals surface area contributed by atoms with Crippen molar-refractivity contribution >= 4 is 0 Å². The van der Waals surface area contributed by atoms with Gasteiger partial charge in [0.25, 0.3) is 0 Å². The van der Waals surface area contributed by atoms with E-state index in [1.807, 2.05) is 48.5 Å². The van der Waals surface area contributed by atoms with Crippen LogP contribution in [0.3, 0.4) is 0 Å². The standard InChI is InChI=1S/C17H20O/c1-4-17(2,3)15-12-8-11-14(16(15)18)13-9-6-5-7-10-13/h5-12,18H,4H2,1-3H3. The van der Waals surface area contributed by atoms with Crippen LogP contribution in [0.15, 0.2) is 48.5 Å². The minimum absolute atomic E-state index is 0.00509. The Labute approximate surface area is 109 Å². The van der Waals surface area contributed by atoms with Crippen LogP contribution in [0.1, 0.15) is 32.8 Å². The maximum absolute atomic E-state index is 10.5. The average Bonchev–Trinajstić information content (AvgIpc) is 2.40. The molecule has 0 aromatic heterocycles. The van der Waals surface area contributed by atoms with E-state index in [0.717, 1.165) is 23.1 Å². The van der Waals surface area contributed by atoms with Gasteiger partial charge in [-0.1, -0.05) is 69.3 Å². The number of hydrogen-bond donors (Lipinski definition) is 1. The van der Waals surface area contributed by atoms with Crippen LogP contribution in [0, 0.1) is 0 Å². The number of phenolic OH excluding ortho intramolecular Hbond substituents is 1. The molecule has 0 atom stereocenters. The van der Waals surface area contributed by atoms with Crippen molar-refractivity contribution in [1.29, 1.82) is 0 Å². The summed E-state index contributed by atoms with van der Waals surface area (Å²) in [4.78, 5) is 0. The van der Waals surface area contributed by atoms with E-state index in [4.69, 9.17) is 0 Å². The molecular formula is C17H20O. The van der Waals surface area contributed by atoms with Crippen molar-refractivity contribution in [2.75, 3.05) is 0 Å². The smallest absolute Gasteiger partial charge is 0.127 e. The molecule has 1 nitrogen and oxygen atoms in total. The highest BCUT2D eigenvalue weighted by atomic mass is 16.3. The van der Waals surface area contributed by atoms with Gasteiger partial charge in [-0.2, -0.15) is 0 Å². The molecule has 0 aliphatic carbocycles. The third-order valence-corrected chi connectivity index (χ3v) is 3.73. The second kappa shape index (κ2) is 4.85. The summed E-state index contributed by atoms with van der Waals surface area (Å²) in [6.07, 6.45) is 0.999. The minimum Gasteiger partial charge on any atom is -0.507 e. The third-order valence-electron chi connectivity index (χ3n) is 3.73. The molecule has 2 rings (SSSR count). The van der Waals surface area contributed by atoms with Gasteiger partial charge in [0.1, 0.15) is 5.75 Å². The predicted octanol–water partition coefficient (Wildman–Crippen LogP) is 4.75. The molecule has 0 saturated heterocycles. The quantitative estimate of drug-likeness (QED) is 0.821. The summed E-state index contributed by atoms with van der Waals surface area (Å²) in [6.45, 7) is 6.47. The van der Waals surface area contributed by atoms with Crippen LogP contribution >= 0.6 is 0 Å². The van der Waals surface area contributed by atoms with Crippen molar-refractivity contribution in [2.24, 2.45) is 0 Å². The lowest BCUT2D eigenvalue weighted by Gasteiger charge is -2.25. The van der Waals surface area contributed by atoms with E-state index in [9.17, 15) is 5.11 Å². The van der Waals surface area contributed by atoms with Gasteiger partial charge in [-0.25, -0.2) is 0 Å². The summed E-state index contributed by atoms with van der Waals surface area (Å²) in [7, 11) is 0. The van der Waals surface area contributed by atoms with E-state index in [1.165, 1.54) is 0 Å². The van der Waals surface area contributed by atoms with Gasteiger partial charge in [-0.3, -0.25) is 0 Å². The van der Waals surface area contributed by atoms with E-state index in [0.29, 0.717) is 5.75 Å². The van der Waals surface area contributed by atoms with E-state index in [2.05, 4.69) is 20.8 Å². The predicted molar refractivity (Wildman–Crippen MR) is 76.9 cm³/mol. The van der Waals surface area contributed by atoms with Gasteiger partial charge in [-0.05, 0) is 17.4 Å². The molecule has 0 aliphatic heterocycles. The Morgan fingerprint density at radius 3 is 2.22 bits per heavy atom. The summed E-state index contributed by atoms with van der Waals surface area (Å²) >= 11 is 0. The van der Waals surface area contributed by atoms with Crippen LogP contribution < -0.4 is 0 Å². The Hall–Kier alpha value is -1.76. The Kier molecular flexibility index (Phi) is 3.42. The molecule has 18 heavy (non-hydrogen) atoms. The number of aromatic hydroxyl groups is 1. The van der Waals surface area contributed by atoms with E-state index >= 15 is 0 Å². The fourth-order valence-electron chi connectivity index (χ4n) is 2.13. The van der Waals surface area contributed by atoms with Crippen molar-refractivity contribution in [3.63, 3.8) is 0 Å². The first kappa shape index (κ1) is 12.7. The van der Waals surface area contributed by atoms with Crippen molar-refractivity contribution in [2.45, 2.75) is 32.6 Å². The number of rotatable bonds is 3. The van der Waals surface area contributed by atoms with Gasteiger partial charge < -0.3 is 5.11 Å². The highest BCUT2D eigenvalue weighted by Crippen LogP contribution is 2.39. The van der Waals surface area contributed by atoms with Gasteiger partial charge in [0.2, 0.25) is 0 Å². The highest BCUT2D eigenvalue weighted by molar-refractivity contribution is 5.72. The molecular weight excluding hydrogens is 220 g/mol. The molecule has 2 aromatic carbocycles. The van der Waals surface area contributed by atoms with Gasteiger partial charge in [0, 0.05) is 11.1 Å². The fourth-order valence-corrected chi connectivity index (χ4v) is 2.13. The molecule has 0 unspecified atom stereocenters. The lowest BCUT2D eigenvalue weighted by Crippen LogP contribution is -2.15. The summed E-state index contributed by atoms with van der Waals surface area (Å²) < 4.78 is 0. The minimum atomic E-state index is -0.00509. The fraction of sp³-hybridized carbons (Fsp3) is 0.294. The Bertz CT molecular complexity index is 527. The SMILES string of the molecule is CCC(C)(C)c1cccc(-c2ccccc2)c1O. The van der Waals surface area contributed by atoms with Gasteiger partial charge in [-0.15, -0.1) is 0 Å². The second-order valence-corrected chi connectivity index (χ2v) is 5.31. The number of hydrogen-bond acceptors (Lipinski definition) is 1. The van der Waals surface area contributed by atoms with Crippen molar-refractivity contribution in [3.8, 4) is 16.9 Å². The van der Waals surface area contributed by atoms with Crippen molar-refractivity contribution in [3.05, 3.63) is 54.1 Å². The Morgan fingerprint density at radius 2 is 1.61 bits per heavy atom. The van der Waals surface area contributed by atoms with Crippen LogP contribution in [0.2, 0.25) is 0 Å². The zero-order valence-electron chi connectivity index (χ0n) is 11.3. The molecule has 0 amide bonds. The molecule has 0 spiro atoms. The van der Waals surface area contributed by atoms with Crippen molar-refractivity contribution in [1.82, 2.24) is 0 Å². The summed E-state index contributed by atoms with van der Waals surface area (Å²) in [5.74, 6) is 0.413. The average molecular weight is 240 g/mol. The number of phenols is 1. The van der Waals surface area contributed by atoms with Crippen LogP contribution in [-0.2, 0) is 5.41 Å². The first-order valence-electron chi connectivity index (χ1n) is 6.44. The topological polar surface area (TPSA) is 20.2 Å². The van der Waals surface area contributed by atoms with Crippen LogP contribution in [0.5, 0.6) is 5.75 Å². The van der Waals surface area contributed by atoms with Crippen molar-refractivity contribution < 1.29 is 5.11 Å². The maximum atomic E-state index is 10.5. The van der Waals surface area contributed by atoms with Gasteiger partial charge in [0.15, 0.2) is 0 Å². The molecule has 0 radical (unpaired) electrons. The third kappa shape index (κ3) is 2.26. The van der Waals surface area contributed by atoms with Gasteiger partial charge >= 0.3 is 0 Å². The van der Waals surface area contributed by atoms with E-state index < -0.39 is 0 Å². The van der Waals surface area contributed by atoms with E-state index in [-0.39, 0.29) is 5.41 Å². The van der Waals surface area contributed by atoms with Gasteiger partial charge in [0.05, 0.1) is 0 Å². The molecule has 0 aliphatic rings. The molecule has 1 heteroatoms. The second-order valence-electron chi connectivity index (χ2n) is 5.31. The summed E-state index contributed by atoms with van der Waals surface area (Å²) in [5.41, 5.74) is 2.99. The largest absolute Gasteiger partial charge is 0.507 e. The van der Waals surface area contributed by atoms with E-state index in [1.54, 1.807) is 0 Å². The normalized spacial score (nSPS) is 11.5. The number of para-hydroxylation sites is 1. The maximum Gasteiger partial charge on any atom is 0.127 e. The molecule has 0 heterocycles. The monoisotopic (exact) mass is 240 g/mol. The Morgan fingerprint density at radius 1 is 0.944 bits per heavy atom. The summed E-state index contributed by atoms with van der Waals surface area (Å²) in [6, 6.07) is 16.0. The van der Waals surface area contributed by atoms with Crippen LogP contribution in [0.25, 0.3) is 11.1 Å². The molecule has 94 valence electrons. The zero-order chi connectivity index (χ0) is 13.2. The highest BCUT2D eigenvalue weighted by Gasteiger charge is 2.23.